The molecule has 0 amide bonds. The number of benzene rings is 2. The minimum atomic E-state index is -0.342. The molecule has 5 heteroatoms. The predicted molar refractivity (Wildman–Crippen MR) is 89.0 cm³/mol. The average Bonchev–Trinajstić information content (AvgIpc) is 2.41. The second kappa shape index (κ2) is 6.96. The van der Waals surface area contributed by atoms with Crippen molar-refractivity contribution >= 4 is 39.2 Å². The molecular weight excluding hydrogens is 354 g/mol. The Hall–Kier alpha value is -1.52. The summed E-state index contributed by atoms with van der Waals surface area (Å²) in [7, 11) is 0. The fraction of sp³-hybridized carbons (Fsp3) is 0.188. The molecular formula is C16H15BrClNO2. The fourth-order valence-corrected chi connectivity index (χ4v) is 2.55. The maximum atomic E-state index is 11.2. The Labute approximate surface area is 137 Å². The fourth-order valence-electron chi connectivity index (χ4n) is 1.99. The number of nitrogens with one attached hydrogen (secondary N) is 1. The molecule has 0 aliphatic carbocycles. The number of esters is 1. The van der Waals surface area contributed by atoms with E-state index in [2.05, 4.69) is 21.2 Å². The first-order valence-corrected chi connectivity index (χ1v) is 7.59. The highest BCUT2D eigenvalue weighted by Gasteiger charge is 2.11. The smallest absolute Gasteiger partial charge is 0.308 e. The lowest BCUT2D eigenvalue weighted by molar-refractivity contribution is -0.131. The van der Waals surface area contributed by atoms with Crippen molar-refractivity contribution in [3.05, 3.63) is 57.0 Å². The van der Waals surface area contributed by atoms with Crippen molar-refractivity contribution in [2.75, 3.05) is 5.32 Å². The minimum absolute atomic E-state index is 0.342. The van der Waals surface area contributed by atoms with Crippen LogP contribution < -0.4 is 10.1 Å². The van der Waals surface area contributed by atoms with Crippen LogP contribution in [0.1, 0.15) is 18.1 Å². The van der Waals surface area contributed by atoms with E-state index < -0.39 is 0 Å². The summed E-state index contributed by atoms with van der Waals surface area (Å²) in [6.07, 6.45) is 0. The second-order valence-electron chi connectivity index (χ2n) is 4.67. The lowest BCUT2D eigenvalue weighted by Crippen LogP contribution is -2.08. The third-order valence-corrected chi connectivity index (χ3v) is 3.64. The van der Waals surface area contributed by atoms with E-state index in [1.165, 1.54) is 6.92 Å². The Morgan fingerprint density at radius 2 is 1.95 bits per heavy atom. The summed E-state index contributed by atoms with van der Waals surface area (Å²) < 4.78 is 6.31. The van der Waals surface area contributed by atoms with E-state index in [9.17, 15) is 4.79 Å². The number of hydrogen-bond donors (Lipinski definition) is 1. The number of ether oxygens (including phenoxy) is 1. The number of aryl methyl sites for hydroxylation is 1. The molecule has 0 heterocycles. The molecule has 1 N–H and O–H groups in total. The van der Waals surface area contributed by atoms with E-state index in [1.807, 2.05) is 31.2 Å². The van der Waals surface area contributed by atoms with Crippen molar-refractivity contribution in [1.82, 2.24) is 0 Å². The molecule has 0 aromatic heterocycles. The maximum Gasteiger partial charge on any atom is 0.308 e. The van der Waals surface area contributed by atoms with Gasteiger partial charge in [-0.3, -0.25) is 4.79 Å². The number of carbonyl (C=O) groups excluding carboxylic acids is 1. The largest absolute Gasteiger partial charge is 0.426 e. The Morgan fingerprint density at radius 1 is 1.29 bits per heavy atom. The van der Waals surface area contributed by atoms with Crippen LogP contribution in [-0.4, -0.2) is 5.97 Å². The van der Waals surface area contributed by atoms with Crippen molar-refractivity contribution in [2.24, 2.45) is 0 Å². The number of hydrogen-bond acceptors (Lipinski definition) is 3. The highest BCUT2D eigenvalue weighted by atomic mass is 79.9. The summed E-state index contributed by atoms with van der Waals surface area (Å²) >= 11 is 9.48. The van der Waals surface area contributed by atoms with Crippen molar-refractivity contribution in [1.29, 1.82) is 0 Å². The molecule has 2 rings (SSSR count). The van der Waals surface area contributed by atoms with E-state index in [1.54, 1.807) is 12.1 Å². The Bertz CT molecular complexity index is 656. The van der Waals surface area contributed by atoms with Gasteiger partial charge in [0.05, 0.1) is 0 Å². The first-order valence-electron chi connectivity index (χ1n) is 6.42. The molecule has 21 heavy (non-hydrogen) atoms. The zero-order valence-corrected chi connectivity index (χ0v) is 14.1. The Balaban J connectivity index is 2.21. The highest BCUT2D eigenvalue weighted by Crippen LogP contribution is 2.29. The predicted octanol–water partition coefficient (Wildman–Crippen LogP) is 4.95. The van der Waals surface area contributed by atoms with Crippen LogP contribution in [0.4, 0.5) is 5.69 Å². The molecule has 0 saturated heterocycles. The van der Waals surface area contributed by atoms with Gasteiger partial charge in [0.2, 0.25) is 0 Å². The van der Waals surface area contributed by atoms with E-state index in [0.717, 1.165) is 21.3 Å². The molecule has 0 aliphatic rings. The second-order valence-corrected chi connectivity index (χ2v) is 6.02. The third-order valence-electron chi connectivity index (χ3n) is 2.89. The van der Waals surface area contributed by atoms with Crippen LogP contribution >= 0.6 is 27.5 Å². The topological polar surface area (TPSA) is 38.3 Å². The summed E-state index contributed by atoms with van der Waals surface area (Å²) in [5.74, 6) is 0.224. The van der Waals surface area contributed by atoms with Gasteiger partial charge in [-0.05, 0) is 48.9 Å². The quantitative estimate of drug-likeness (QED) is 0.613. The summed E-state index contributed by atoms with van der Waals surface area (Å²) in [5, 5.41) is 3.91. The van der Waals surface area contributed by atoms with E-state index in [4.69, 9.17) is 16.3 Å². The van der Waals surface area contributed by atoms with Gasteiger partial charge in [0, 0.05) is 34.2 Å². The van der Waals surface area contributed by atoms with Gasteiger partial charge in [0.1, 0.15) is 5.75 Å². The van der Waals surface area contributed by atoms with Crippen LogP contribution in [0, 0.1) is 6.92 Å². The Kier molecular flexibility index (Phi) is 5.26. The molecule has 2 aromatic carbocycles. The lowest BCUT2D eigenvalue weighted by atomic mass is 10.1. The molecule has 2 aromatic rings. The van der Waals surface area contributed by atoms with Crippen LogP contribution in [0.3, 0.4) is 0 Å². The minimum Gasteiger partial charge on any atom is -0.426 e. The zero-order valence-electron chi connectivity index (χ0n) is 11.7. The third kappa shape index (κ3) is 4.48. The van der Waals surface area contributed by atoms with Gasteiger partial charge in [-0.15, -0.1) is 0 Å². The first-order chi connectivity index (χ1) is 9.95. The van der Waals surface area contributed by atoms with Crippen LogP contribution in [0.2, 0.25) is 5.02 Å². The van der Waals surface area contributed by atoms with Crippen molar-refractivity contribution in [3.8, 4) is 5.75 Å². The van der Waals surface area contributed by atoms with Gasteiger partial charge < -0.3 is 10.1 Å². The van der Waals surface area contributed by atoms with Crippen LogP contribution in [0.25, 0.3) is 0 Å². The highest BCUT2D eigenvalue weighted by molar-refractivity contribution is 9.10. The molecule has 110 valence electrons. The summed E-state index contributed by atoms with van der Waals surface area (Å²) in [5.41, 5.74) is 2.66. The van der Waals surface area contributed by atoms with Crippen LogP contribution in [0.15, 0.2) is 40.9 Å². The number of rotatable bonds is 4. The number of halogens is 2. The Morgan fingerprint density at radius 3 is 2.57 bits per heavy atom. The molecule has 0 atom stereocenters. The van der Waals surface area contributed by atoms with Gasteiger partial charge in [0.25, 0.3) is 0 Å². The standard InChI is InChI=1S/C16H15BrClNO2/c1-10-7-14(18)8-12(16(10)21-11(2)20)9-19-15-5-3-13(17)4-6-15/h3-8,19H,9H2,1-2H3. The first kappa shape index (κ1) is 15.9. The van der Waals surface area contributed by atoms with E-state index in [0.29, 0.717) is 17.3 Å². The number of carbonyl (C=O) groups is 1. The SMILES string of the molecule is CC(=O)Oc1c(C)cc(Cl)cc1CNc1ccc(Br)cc1. The summed E-state index contributed by atoms with van der Waals surface area (Å²) in [4.78, 5) is 11.2. The maximum absolute atomic E-state index is 11.2. The molecule has 0 unspecified atom stereocenters. The summed E-state index contributed by atoms with van der Waals surface area (Å²) in [6.45, 7) is 3.78. The van der Waals surface area contributed by atoms with Gasteiger partial charge >= 0.3 is 5.97 Å². The van der Waals surface area contributed by atoms with Crippen LogP contribution in [-0.2, 0) is 11.3 Å². The van der Waals surface area contributed by atoms with Gasteiger partial charge in [0.15, 0.2) is 0 Å². The van der Waals surface area contributed by atoms with E-state index in [-0.39, 0.29) is 5.97 Å². The van der Waals surface area contributed by atoms with Crippen molar-refractivity contribution in [2.45, 2.75) is 20.4 Å². The molecule has 0 saturated carbocycles. The van der Waals surface area contributed by atoms with E-state index >= 15 is 0 Å². The van der Waals surface area contributed by atoms with Crippen molar-refractivity contribution < 1.29 is 9.53 Å². The molecule has 0 aliphatic heterocycles. The molecule has 0 spiro atoms. The van der Waals surface area contributed by atoms with Crippen molar-refractivity contribution in [3.63, 3.8) is 0 Å². The lowest BCUT2D eigenvalue weighted by Gasteiger charge is -2.14. The average molecular weight is 369 g/mol. The van der Waals surface area contributed by atoms with Gasteiger partial charge in [-0.25, -0.2) is 0 Å². The van der Waals surface area contributed by atoms with Gasteiger partial charge in [-0.1, -0.05) is 27.5 Å². The summed E-state index contributed by atoms with van der Waals surface area (Å²) in [6, 6.07) is 11.4. The van der Waals surface area contributed by atoms with Crippen LogP contribution in [0.5, 0.6) is 5.75 Å². The number of anilines is 1. The zero-order chi connectivity index (χ0) is 15.4. The molecule has 0 fully saturated rings. The van der Waals surface area contributed by atoms with Gasteiger partial charge in [-0.2, -0.15) is 0 Å². The molecule has 0 bridgehead atoms. The molecule has 0 radical (unpaired) electrons. The monoisotopic (exact) mass is 367 g/mol. The molecule has 3 nitrogen and oxygen atoms in total. The normalized spacial score (nSPS) is 10.3.